The maximum Gasteiger partial charge on any atom is 0.417 e. The van der Waals surface area contributed by atoms with Crippen molar-refractivity contribution in [2.75, 3.05) is 7.05 Å². The number of nitrogens with one attached hydrogen (secondary N) is 2. The van der Waals surface area contributed by atoms with Crippen LogP contribution in [0.3, 0.4) is 0 Å². The average Bonchev–Trinajstić information content (AvgIpc) is 2.91. The number of nitrogens with zero attached hydrogens (tertiary/aromatic N) is 2. The Balaban J connectivity index is 2.17. The predicted octanol–water partition coefficient (Wildman–Crippen LogP) is 1.24. The number of hydrogen-bond acceptors (Lipinski definition) is 4. The smallest absolute Gasteiger partial charge is 0.408 e. The molecule has 0 aliphatic carbocycles. The van der Waals surface area contributed by atoms with Crippen molar-refractivity contribution < 1.29 is 4.42 Å². The van der Waals surface area contributed by atoms with Crippen LogP contribution in [0.1, 0.15) is 5.69 Å². The molecule has 2 aromatic heterocycles. The minimum atomic E-state index is -0.437. The molecule has 3 aromatic rings. The highest BCUT2D eigenvalue weighted by Crippen LogP contribution is 2.25. The Morgan fingerprint density at radius 2 is 2.32 bits per heavy atom. The third-order valence-electron chi connectivity index (χ3n) is 3.05. The number of aromatic amines is 1. The molecule has 2 heterocycles. The summed E-state index contributed by atoms with van der Waals surface area (Å²) in [6, 6.07) is 5.64. The van der Waals surface area contributed by atoms with Crippen LogP contribution < -0.4 is 11.1 Å². The Labute approximate surface area is 109 Å². The minimum absolute atomic E-state index is 0.437. The third-order valence-corrected chi connectivity index (χ3v) is 3.05. The number of hydrogen-bond donors (Lipinski definition) is 2. The zero-order valence-electron chi connectivity index (χ0n) is 10.7. The van der Waals surface area contributed by atoms with E-state index in [0.29, 0.717) is 17.6 Å². The summed E-state index contributed by atoms with van der Waals surface area (Å²) in [6.07, 6.45) is 1.78. The zero-order chi connectivity index (χ0) is 13.4. The lowest BCUT2D eigenvalue weighted by molar-refractivity contribution is 0.555. The minimum Gasteiger partial charge on any atom is -0.408 e. The highest BCUT2D eigenvalue weighted by Gasteiger charge is 2.12. The molecule has 0 unspecified atom stereocenters. The molecule has 0 fully saturated rings. The fraction of sp³-hybridized carbons (Fsp3) is 0.231. The molecule has 19 heavy (non-hydrogen) atoms. The SMILES string of the molecule is CNCc1ncn(C)c1-c1ccc2[nH]c(=O)oc2c1. The average molecular weight is 258 g/mol. The van der Waals surface area contributed by atoms with Gasteiger partial charge in [-0.1, -0.05) is 6.07 Å². The monoisotopic (exact) mass is 258 g/mol. The van der Waals surface area contributed by atoms with Gasteiger partial charge in [-0.25, -0.2) is 9.78 Å². The van der Waals surface area contributed by atoms with Crippen molar-refractivity contribution in [3.63, 3.8) is 0 Å². The van der Waals surface area contributed by atoms with Gasteiger partial charge in [-0.15, -0.1) is 0 Å². The van der Waals surface area contributed by atoms with E-state index in [1.54, 1.807) is 6.33 Å². The maximum absolute atomic E-state index is 11.2. The number of H-pyrrole nitrogens is 1. The van der Waals surface area contributed by atoms with Crippen LogP contribution in [0.2, 0.25) is 0 Å². The molecule has 0 saturated heterocycles. The molecule has 1 aromatic carbocycles. The quantitative estimate of drug-likeness (QED) is 0.741. The summed E-state index contributed by atoms with van der Waals surface area (Å²) >= 11 is 0. The number of imidazole rings is 1. The molecule has 2 N–H and O–H groups in total. The second-order valence-electron chi connectivity index (χ2n) is 4.41. The maximum atomic E-state index is 11.2. The van der Waals surface area contributed by atoms with Crippen molar-refractivity contribution in [1.29, 1.82) is 0 Å². The Kier molecular flexibility index (Phi) is 2.72. The number of fused-ring (bicyclic) bond motifs is 1. The molecule has 98 valence electrons. The molecular formula is C13H14N4O2. The Morgan fingerprint density at radius 1 is 1.47 bits per heavy atom. The lowest BCUT2D eigenvalue weighted by atomic mass is 10.1. The van der Waals surface area contributed by atoms with E-state index >= 15 is 0 Å². The Morgan fingerprint density at radius 3 is 3.11 bits per heavy atom. The second-order valence-corrected chi connectivity index (χ2v) is 4.41. The van der Waals surface area contributed by atoms with E-state index < -0.39 is 5.76 Å². The number of aryl methyl sites for hydroxylation is 1. The molecule has 0 bridgehead atoms. The Hall–Kier alpha value is -2.34. The fourth-order valence-corrected chi connectivity index (χ4v) is 2.24. The summed E-state index contributed by atoms with van der Waals surface area (Å²) in [5.41, 5.74) is 4.20. The van der Waals surface area contributed by atoms with Crippen molar-refractivity contribution in [3.8, 4) is 11.3 Å². The van der Waals surface area contributed by atoms with E-state index in [4.69, 9.17) is 4.42 Å². The number of rotatable bonds is 3. The normalized spacial score (nSPS) is 11.3. The van der Waals surface area contributed by atoms with E-state index in [2.05, 4.69) is 15.3 Å². The molecule has 0 atom stereocenters. The lowest BCUT2D eigenvalue weighted by Crippen LogP contribution is -2.07. The van der Waals surface area contributed by atoms with Gasteiger partial charge < -0.3 is 14.3 Å². The standard InChI is InChI=1S/C13H14N4O2/c1-14-6-10-12(17(2)7-15-10)8-3-4-9-11(5-8)19-13(18)16-9/h3-5,7,14H,6H2,1-2H3,(H,16,18). The first-order valence-corrected chi connectivity index (χ1v) is 5.97. The van der Waals surface area contributed by atoms with Gasteiger partial charge in [-0.3, -0.25) is 4.98 Å². The van der Waals surface area contributed by atoms with Crippen LogP contribution in [0.5, 0.6) is 0 Å². The van der Waals surface area contributed by atoms with Crippen LogP contribution in [-0.2, 0) is 13.6 Å². The Bertz CT molecular complexity index is 781. The van der Waals surface area contributed by atoms with Crippen LogP contribution in [0.4, 0.5) is 0 Å². The van der Waals surface area contributed by atoms with Crippen LogP contribution in [0.25, 0.3) is 22.4 Å². The molecule has 0 spiro atoms. The van der Waals surface area contributed by atoms with E-state index in [1.165, 1.54) is 0 Å². The van der Waals surface area contributed by atoms with Gasteiger partial charge in [0.1, 0.15) is 0 Å². The fourth-order valence-electron chi connectivity index (χ4n) is 2.24. The molecule has 0 aliphatic heterocycles. The van der Waals surface area contributed by atoms with Gasteiger partial charge in [0.2, 0.25) is 0 Å². The highest BCUT2D eigenvalue weighted by molar-refractivity contribution is 5.79. The molecule has 0 saturated carbocycles. The topological polar surface area (TPSA) is 75.8 Å². The van der Waals surface area contributed by atoms with Crippen LogP contribution >= 0.6 is 0 Å². The van der Waals surface area contributed by atoms with Gasteiger partial charge in [0, 0.05) is 19.2 Å². The summed E-state index contributed by atoms with van der Waals surface area (Å²) in [6.45, 7) is 0.686. The van der Waals surface area contributed by atoms with Crippen LogP contribution in [0, 0.1) is 0 Å². The summed E-state index contributed by atoms with van der Waals surface area (Å²) in [7, 11) is 3.83. The van der Waals surface area contributed by atoms with E-state index in [-0.39, 0.29) is 0 Å². The van der Waals surface area contributed by atoms with Crippen molar-refractivity contribution in [2.24, 2.45) is 7.05 Å². The van der Waals surface area contributed by atoms with Gasteiger partial charge in [0.05, 0.1) is 23.2 Å². The molecule has 0 amide bonds. The zero-order valence-corrected chi connectivity index (χ0v) is 10.7. The molecule has 0 radical (unpaired) electrons. The molecular weight excluding hydrogens is 244 g/mol. The summed E-state index contributed by atoms with van der Waals surface area (Å²) in [5.74, 6) is -0.437. The van der Waals surface area contributed by atoms with Gasteiger partial charge >= 0.3 is 5.76 Å². The van der Waals surface area contributed by atoms with E-state index in [9.17, 15) is 4.79 Å². The van der Waals surface area contributed by atoms with Crippen LogP contribution in [0.15, 0.2) is 33.7 Å². The van der Waals surface area contributed by atoms with Gasteiger partial charge in [-0.2, -0.15) is 0 Å². The first kappa shape index (κ1) is 11.7. The van der Waals surface area contributed by atoms with Crippen molar-refractivity contribution >= 4 is 11.1 Å². The first-order valence-electron chi connectivity index (χ1n) is 5.97. The third kappa shape index (κ3) is 1.96. The van der Waals surface area contributed by atoms with E-state index in [0.717, 1.165) is 17.0 Å². The van der Waals surface area contributed by atoms with Crippen LogP contribution in [-0.4, -0.2) is 21.6 Å². The van der Waals surface area contributed by atoms with Crippen molar-refractivity contribution in [2.45, 2.75) is 6.54 Å². The van der Waals surface area contributed by atoms with Crippen molar-refractivity contribution in [1.82, 2.24) is 19.9 Å². The van der Waals surface area contributed by atoms with Crippen molar-refractivity contribution in [3.05, 3.63) is 40.8 Å². The number of aromatic nitrogens is 3. The van der Waals surface area contributed by atoms with Gasteiger partial charge in [0.15, 0.2) is 5.58 Å². The largest absolute Gasteiger partial charge is 0.417 e. The summed E-state index contributed by atoms with van der Waals surface area (Å²) in [4.78, 5) is 18.2. The summed E-state index contributed by atoms with van der Waals surface area (Å²) < 4.78 is 7.05. The van der Waals surface area contributed by atoms with Gasteiger partial charge in [-0.05, 0) is 19.2 Å². The van der Waals surface area contributed by atoms with E-state index in [1.807, 2.05) is 36.9 Å². The highest BCUT2D eigenvalue weighted by atomic mass is 16.4. The summed E-state index contributed by atoms with van der Waals surface area (Å²) in [5, 5.41) is 3.09. The second kappa shape index (κ2) is 4.40. The number of oxazole rings is 1. The van der Waals surface area contributed by atoms with Gasteiger partial charge in [0.25, 0.3) is 0 Å². The molecule has 3 rings (SSSR count). The molecule has 6 nitrogen and oxygen atoms in total. The predicted molar refractivity (Wildman–Crippen MR) is 71.8 cm³/mol. The lowest BCUT2D eigenvalue weighted by Gasteiger charge is -2.06. The molecule has 6 heteroatoms. The first-order chi connectivity index (χ1) is 9.19. The molecule has 0 aliphatic rings. The number of benzene rings is 1.